The molecule has 1 heterocycles. The molecule has 2 nitrogen and oxygen atoms in total. The van der Waals surface area contributed by atoms with Gasteiger partial charge in [0.25, 0.3) is 0 Å². The van der Waals surface area contributed by atoms with E-state index in [1.54, 1.807) is 0 Å². The maximum absolute atomic E-state index is 13.4. The quantitative estimate of drug-likeness (QED) is 0.866. The minimum atomic E-state index is -0.927. The molecule has 17 heavy (non-hydrogen) atoms. The van der Waals surface area contributed by atoms with Crippen LogP contribution in [0.3, 0.4) is 0 Å². The Morgan fingerprint density at radius 1 is 1.35 bits per heavy atom. The van der Waals surface area contributed by atoms with Crippen LogP contribution in [-0.2, 0) is 0 Å². The summed E-state index contributed by atoms with van der Waals surface area (Å²) in [5, 5.41) is 3.29. The van der Waals surface area contributed by atoms with Crippen LogP contribution >= 0.6 is 15.9 Å². The molecule has 94 valence electrons. The van der Waals surface area contributed by atoms with Crippen LogP contribution in [0.2, 0.25) is 0 Å². The van der Waals surface area contributed by atoms with Gasteiger partial charge in [-0.3, -0.25) is 0 Å². The minimum absolute atomic E-state index is 0.0377. The van der Waals surface area contributed by atoms with E-state index in [4.69, 9.17) is 4.74 Å². The number of halogens is 3. The summed E-state index contributed by atoms with van der Waals surface area (Å²) in [4.78, 5) is 0. The topological polar surface area (TPSA) is 21.3 Å². The second-order valence-electron chi connectivity index (χ2n) is 4.16. The van der Waals surface area contributed by atoms with Gasteiger partial charge in [0.1, 0.15) is 6.61 Å². The molecule has 1 N–H and O–H groups in total. The van der Waals surface area contributed by atoms with Crippen molar-refractivity contribution in [1.29, 1.82) is 0 Å². The Hall–Kier alpha value is -0.680. The summed E-state index contributed by atoms with van der Waals surface area (Å²) in [6, 6.07) is 2.76. The van der Waals surface area contributed by atoms with Gasteiger partial charge in [0.05, 0.1) is 0 Å². The molecule has 1 aliphatic heterocycles. The molecule has 0 amide bonds. The molecule has 0 bridgehead atoms. The molecule has 0 saturated carbocycles. The molecular formula is C12H14BrF2NO. The zero-order valence-corrected chi connectivity index (χ0v) is 10.9. The van der Waals surface area contributed by atoms with Crippen molar-refractivity contribution in [2.24, 2.45) is 0 Å². The maximum atomic E-state index is 13.4. The Morgan fingerprint density at radius 3 is 2.88 bits per heavy atom. The first-order chi connectivity index (χ1) is 8.16. The number of ether oxygens (including phenoxy) is 1. The van der Waals surface area contributed by atoms with Crippen LogP contribution < -0.4 is 10.1 Å². The lowest BCUT2D eigenvalue weighted by molar-refractivity contribution is 0.228. The van der Waals surface area contributed by atoms with Gasteiger partial charge >= 0.3 is 0 Å². The third kappa shape index (κ3) is 3.39. The predicted octanol–water partition coefficient (Wildman–Crippen LogP) is 3.25. The summed E-state index contributed by atoms with van der Waals surface area (Å²) < 4.78 is 32.3. The van der Waals surface area contributed by atoms with Crippen molar-refractivity contribution in [3.8, 4) is 5.75 Å². The largest absolute Gasteiger partial charge is 0.489 e. The Balaban J connectivity index is 1.98. The first kappa shape index (κ1) is 12.8. The summed E-state index contributed by atoms with van der Waals surface area (Å²) >= 11 is 3.11. The van der Waals surface area contributed by atoms with Gasteiger partial charge in [-0.15, -0.1) is 0 Å². The smallest absolute Gasteiger partial charge is 0.200 e. The lowest BCUT2D eigenvalue weighted by Gasteiger charge is -2.23. The molecule has 1 atom stereocenters. The molecular weight excluding hydrogens is 292 g/mol. The van der Waals surface area contributed by atoms with Gasteiger partial charge in [-0.25, -0.2) is 4.39 Å². The Bertz CT molecular complexity index is 394. The van der Waals surface area contributed by atoms with Crippen LogP contribution in [0.25, 0.3) is 0 Å². The fourth-order valence-corrected chi connectivity index (χ4v) is 2.30. The highest BCUT2D eigenvalue weighted by Crippen LogP contribution is 2.25. The minimum Gasteiger partial charge on any atom is -0.489 e. The van der Waals surface area contributed by atoms with Crippen LogP contribution in [0.15, 0.2) is 16.6 Å². The average molecular weight is 306 g/mol. The first-order valence-corrected chi connectivity index (χ1v) is 6.47. The Kier molecular flexibility index (Phi) is 4.34. The van der Waals surface area contributed by atoms with Crippen LogP contribution in [0.5, 0.6) is 5.75 Å². The van der Waals surface area contributed by atoms with E-state index in [9.17, 15) is 8.78 Å². The summed E-state index contributed by atoms with van der Waals surface area (Å²) in [6.07, 6.45) is 3.32. The summed E-state index contributed by atoms with van der Waals surface area (Å²) in [7, 11) is 0. The van der Waals surface area contributed by atoms with E-state index in [0.29, 0.717) is 11.1 Å². The van der Waals surface area contributed by atoms with Crippen LogP contribution in [0, 0.1) is 11.6 Å². The fraction of sp³-hybridized carbons (Fsp3) is 0.500. The van der Waals surface area contributed by atoms with Crippen molar-refractivity contribution in [2.75, 3.05) is 13.2 Å². The average Bonchev–Trinajstić information content (AvgIpc) is 2.33. The highest BCUT2D eigenvalue weighted by atomic mass is 79.9. The second-order valence-corrected chi connectivity index (χ2v) is 5.07. The molecule has 0 aliphatic carbocycles. The Labute approximate surface area is 107 Å². The maximum Gasteiger partial charge on any atom is 0.200 e. The monoisotopic (exact) mass is 305 g/mol. The van der Waals surface area contributed by atoms with Gasteiger partial charge in [-0.2, -0.15) is 4.39 Å². The number of hydrogen-bond donors (Lipinski definition) is 1. The standard InChI is InChI=1S/C12H14BrF2NO/c13-8-5-10(14)12(15)11(6-8)17-7-9-3-1-2-4-16-9/h5-6,9,16H,1-4,7H2. The van der Waals surface area contributed by atoms with E-state index in [1.807, 2.05) is 0 Å². The van der Waals surface area contributed by atoms with Crippen LogP contribution in [0.4, 0.5) is 8.78 Å². The molecule has 1 unspecified atom stereocenters. The second kappa shape index (κ2) is 5.78. The highest BCUT2D eigenvalue weighted by Gasteiger charge is 2.16. The van der Waals surface area contributed by atoms with Gasteiger partial charge in [0, 0.05) is 10.5 Å². The SMILES string of the molecule is Fc1cc(Br)cc(OCC2CCCCN2)c1F. The molecule has 1 aromatic carbocycles. The number of benzene rings is 1. The van der Waals surface area contributed by atoms with E-state index in [-0.39, 0.29) is 11.8 Å². The molecule has 0 radical (unpaired) electrons. The molecule has 1 aliphatic rings. The van der Waals surface area contributed by atoms with Crippen molar-refractivity contribution < 1.29 is 13.5 Å². The molecule has 0 spiro atoms. The first-order valence-electron chi connectivity index (χ1n) is 5.67. The van der Waals surface area contributed by atoms with E-state index < -0.39 is 11.6 Å². The number of hydrogen-bond acceptors (Lipinski definition) is 2. The van der Waals surface area contributed by atoms with Crippen molar-refractivity contribution in [3.05, 3.63) is 28.2 Å². The van der Waals surface area contributed by atoms with Crippen molar-refractivity contribution in [2.45, 2.75) is 25.3 Å². The number of nitrogens with one attached hydrogen (secondary N) is 1. The molecule has 1 aromatic rings. The van der Waals surface area contributed by atoms with E-state index in [1.165, 1.54) is 6.07 Å². The Morgan fingerprint density at radius 2 is 2.18 bits per heavy atom. The van der Waals surface area contributed by atoms with E-state index in [0.717, 1.165) is 31.9 Å². The zero-order chi connectivity index (χ0) is 12.3. The summed E-state index contributed by atoms with van der Waals surface area (Å²) in [5.74, 6) is -1.86. The van der Waals surface area contributed by atoms with Gasteiger partial charge in [-0.1, -0.05) is 22.4 Å². The summed E-state index contributed by atoms with van der Waals surface area (Å²) in [6.45, 7) is 1.33. The third-order valence-electron chi connectivity index (χ3n) is 2.81. The zero-order valence-electron chi connectivity index (χ0n) is 9.31. The molecule has 5 heteroatoms. The van der Waals surface area contributed by atoms with Gasteiger partial charge in [0.2, 0.25) is 5.82 Å². The summed E-state index contributed by atoms with van der Waals surface area (Å²) in [5.41, 5.74) is 0. The van der Waals surface area contributed by atoms with Crippen molar-refractivity contribution in [3.63, 3.8) is 0 Å². The van der Waals surface area contributed by atoms with Crippen molar-refractivity contribution >= 4 is 15.9 Å². The van der Waals surface area contributed by atoms with E-state index in [2.05, 4.69) is 21.2 Å². The van der Waals surface area contributed by atoms with Gasteiger partial charge in [-0.05, 0) is 31.5 Å². The van der Waals surface area contributed by atoms with Crippen molar-refractivity contribution in [1.82, 2.24) is 5.32 Å². The molecule has 1 fully saturated rings. The lowest BCUT2D eigenvalue weighted by atomic mass is 10.1. The highest BCUT2D eigenvalue weighted by molar-refractivity contribution is 9.10. The van der Waals surface area contributed by atoms with Gasteiger partial charge in [0.15, 0.2) is 11.6 Å². The fourth-order valence-electron chi connectivity index (χ4n) is 1.89. The predicted molar refractivity (Wildman–Crippen MR) is 65.2 cm³/mol. The molecule has 2 rings (SSSR count). The molecule has 1 saturated heterocycles. The normalized spacial score (nSPS) is 20.3. The third-order valence-corrected chi connectivity index (χ3v) is 3.27. The van der Waals surface area contributed by atoms with Crippen LogP contribution in [0.1, 0.15) is 19.3 Å². The number of piperidine rings is 1. The van der Waals surface area contributed by atoms with Crippen LogP contribution in [-0.4, -0.2) is 19.2 Å². The number of rotatable bonds is 3. The molecule has 0 aromatic heterocycles. The lowest BCUT2D eigenvalue weighted by Crippen LogP contribution is -2.38. The van der Waals surface area contributed by atoms with Gasteiger partial charge < -0.3 is 10.1 Å². The van der Waals surface area contributed by atoms with E-state index >= 15 is 0 Å².